The summed E-state index contributed by atoms with van der Waals surface area (Å²) in [5, 5.41) is 11.0. The van der Waals surface area contributed by atoms with Gasteiger partial charge in [-0.25, -0.2) is 0 Å². The molecular formula is C15H16ClN3O2S. The SMILES string of the molecule is O=C(c1cc[n+]([O-])cc1)N1CCN(Cc2ccc(Cl)s2)CC1. The molecule has 7 heteroatoms. The Labute approximate surface area is 137 Å². The van der Waals surface area contributed by atoms with Gasteiger partial charge in [-0.2, -0.15) is 4.73 Å². The number of nitrogens with zero attached hydrogens (tertiary/aromatic N) is 3. The van der Waals surface area contributed by atoms with Gasteiger partial charge < -0.3 is 10.1 Å². The topological polar surface area (TPSA) is 50.5 Å². The van der Waals surface area contributed by atoms with E-state index in [1.807, 2.05) is 17.0 Å². The monoisotopic (exact) mass is 337 g/mol. The van der Waals surface area contributed by atoms with Crippen molar-refractivity contribution in [1.82, 2.24) is 9.80 Å². The van der Waals surface area contributed by atoms with Gasteiger partial charge >= 0.3 is 0 Å². The van der Waals surface area contributed by atoms with Crippen molar-refractivity contribution in [3.8, 4) is 0 Å². The van der Waals surface area contributed by atoms with Crippen LogP contribution < -0.4 is 4.73 Å². The molecule has 116 valence electrons. The summed E-state index contributed by atoms with van der Waals surface area (Å²) in [6.07, 6.45) is 2.70. The van der Waals surface area contributed by atoms with E-state index in [1.165, 1.54) is 17.3 Å². The molecule has 1 saturated heterocycles. The van der Waals surface area contributed by atoms with E-state index in [-0.39, 0.29) is 5.91 Å². The summed E-state index contributed by atoms with van der Waals surface area (Å²) >= 11 is 7.54. The first-order chi connectivity index (χ1) is 10.6. The van der Waals surface area contributed by atoms with E-state index in [0.29, 0.717) is 23.4 Å². The summed E-state index contributed by atoms with van der Waals surface area (Å²) in [6, 6.07) is 7.09. The van der Waals surface area contributed by atoms with E-state index >= 15 is 0 Å². The van der Waals surface area contributed by atoms with Crippen molar-refractivity contribution < 1.29 is 9.52 Å². The van der Waals surface area contributed by atoms with Gasteiger partial charge in [0.05, 0.1) is 9.90 Å². The molecule has 0 saturated carbocycles. The van der Waals surface area contributed by atoms with Crippen LogP contribution in [0.25, 0.3) is 0 Å². The number of piperazine rings is 1. The van der Waals surface area contributed by atoms with Gasteiger partial charge in [0.1, 0.15) is 0 Å². The molecule has 22 heavy (non-hydrogen) atoms. The summed E-state index contributed by atoms with van der Waals surface area (Å²) < 4.78 is 1.49. The Morgan fingerprint density at radius 2 is 1.86 bits per heavy atom. The minimum Gasteiger partial charge on any atom is -0.619 e. The fourth-order valence-electron chi connectivity index (χ4n) is 2.50. The Morgan fingerprint density at radius 1 is 1.18 bits per heavy atom. The first kappa shape index (κ1) is 15.3. The fourth-order valence-corrected chi connectivity index (χ4v) is 3.63. The van der Waals surface area contributed by atoms with Gasteiger partial charge in [0, 0.05) is 49.7 Å². The van der Waals surface area contributed by atoms with Crippen molar-refractivity contribution in [3.05, 3.63) is 56.6 Å². The Morgan fingerprint density at radius 3 is 2.45 bits per heavy atom. The largest absolute Gasteiger partial charge is 0.619 e. The van der Waals surface area contributed by atoms with E-state index in [2.05, 4.69) is 4.90 Å². The Hall–Kier alpha value is -1.63. The number of rotatable bonds is 3. The van der Waals surface area contributed by atoms with Crippen molar-refractivity contribution in [1.29, 1.82) is 0 Å². The average Bonchev–Trinajstić information content (AvgIpc) is 2.93. The molecule has 2 aromatic heterocycles. The zero-order chi connectivity index (χ0) is 15.5. The van der Waals surface area contributed by atoms with Gasteiger partial charge in [0.2, 0.25) is 0 Å². The molecule has 0 bridgehead atoms. The number of carbonyl (C=O) groups excluding carboxylic acids is 1. The van der Waals surface area contributed by atoms with Crippen LogP contribution in [0, 0.1) is 5.21 Å². The first-order valence-electron chi connectivity index (χ1n) is 7.06. The van der Waals surface area contributed by atoms with E-state index in [9.17, 15) is 10.0 Å². The fraction of sp³-hybridized carbons (Fsp3) is 0.333. The molecule has 1 fully saturated rings. The zero-order valence-electron chi connectivity index (χ0n) is 11.9. The summed E-state index contributed by atoms with van der Waals surface area (Å²) in [7, 11) is 0. The van der Waals surface area contributed by atoms with E-state index in [1.54, 1.807) is 23.5 Å². The van der Waals surface area contributed by atoms with Crippen LogP contribution in [0.15, 0.2) is 36.7 Å². The lowest BCUT2D eigenvalue weighted by Gasteiger charge is -2.34. The number of carbonyl (C=O) groups is 1. The highest BCUT2D eigenvalue weighted by molar-refractivity contribution is 7.16. The molecule has 0 aliphatic carbocycles. The van der Waals surface area contributed by atoms with E-state index in [4.69, 9.17) is 11.6 Å². The van der Waals surface area contributed by atoms with Crippen molar-refractivity contribution in [2.45, 2.75) is 6.54 Å². The lowest BCUT2D eigenvalue weighted by Crippen LogP contribution is -2.48. The minimum atomic E-state index is -0.0144. The van der Waals surface area contributed by atoms with E-state index < -0.39 is 0 Å². The van der Waals surface area contributed by atoms with Gasteiger partial charge in [0.15, 0.2) is 12.4 Å². The molecule has 0 spiro atoms. The Kier molecular flexibility index (Phi) is 4.61. The first-order valence-corrected chi connectivity index (χ1v) is 8.26. The maximum absolute atomic E-state index is 12.4. The molecule has 1 aliphatic rings. The molecule has 1 aliphatic heterocycles. The molecule has 5 nitrogen and oxygen atoms in total. The maximum atomic E-state index is 12.4. The molecule has 0 unspecified atom stereocenters. The second kappa shape index (κ2) is 6.64. The highest BCUT2D eigenvalue weighted by Gasteiger charge is 2.22. The van der Waals surface area contributed by atoms with Gasteiger partial charge in [-0.05, 0) is 12.1 Å². The number of hydrogen-bond acceptors (Lipinski definition) is 4. The minimum absolute atomic E-state index is 0.0144. The van der Waals surface area contributed by atoms with Gasteiger partial charge in [-0.1, -0.05) is 11.6 Å². The second-order valence-electron chi connectivity index (χ2n) is 5.22. The normalized spacial score (nSPS) is 16.0. The summed E-state index contributed by atoms with van der Waals surface area (Å²) in [6.45, 7) is 3.96. The third kappa shape index (κ3) is 3.58. The molecule has 0 aromatic carbocycles. The molecule has 3 heterocycles. The van der Waals surface area contributed by atoms with Crippen LogP contribution in [0.4, 0.5) is 0 Å². The van der Waals surface area contributed by atoms with Crippen LogP contribution in [0.5, 0.6) is 0 Å². The zero-order valence-corrected chi connectivity index (χ0v) is 13.5. The van der Waals surface area contributed by atoms with Crippen LogP contribution in [-0.2, 0) is 6.54 Å². The van der Waals surface area contributed by atoms with Crippen molar-refractivity contribution >= 4 is 28.8 Å². The quantitative estimate of drug-likeness (QED) is 0.636. The number of aromatic nitrogens is 1. The number of pyridine rings is 1. The summed E-state index contributed by atoms with van der Waals surface area (Å²) in [5.74, 6) is -0.0144. The number of hydrogen-bond donors (Lipinski definition) is 0. The predicted octanol–water partition coefficient (Wildman–Crippen LogP) is 1.99. The van der Waals surface area contributed by atoms with Gasteiger partial charge in [-0.3, -0.25) is 9.69 Å². The number of amides is 1. The summed E-state index contributed by atoms with van der Waals surface area (Å²) in [5.41, 5.74) is 0.561. The lowest BCUT2D eigenvalue weighted by molar-refractivity contribution is -0.605. The molecular weight excluding hydrogens is 322 g/mol. The molecule has 0 atom stereocenters. The van der Waals surface area contributed by atoms with Crippen molar-refractivity contribution in [2.24, 2.45) is 0 Å². The maximum Gasteiger partial charge on any atom is 0.254 e. The Balaban J connectivity index is 1.55. The van der Waals surface area contributed by atoms with Crippen LogP contribution in [-0.4, -0.2) is 41.9 Å². The van der Waals surface area contributed by atoms with Crippen LogP contribution >= 0.6 is 22.9 Å². The second-order valence-corrected chi connectivity index (χ2v) is 7.02. The van der Waals surface area contributed by atoms with Gasteiger partial charge in [-0.15, -0.1) is 11.3 Å². The van der Waals surface area contributed by atoms with Crippen molar-refractivity contribution in [2.75, 3.05) is 26.2 Å². The molecule has 0 N–H and O–H groups in total. The smallest absolute Gasteiger partial charge is 0.254 e. The predicted molar refractivity (Wildman–Crippen MR) is 85.9 cm³/mol. The third-order valence-corrected chi connectivity index (χ3v) is 4.93. The lowest BCUT2D eigenvalue weighted by atomic mass is 10.2. The Bertz CT molecular complexity index is 651. The molecule has 3 rings (SSSR count). The van der Waals surface area contributed by atoms with Crippen LogP contribution in [0.3, 0.4) is 0 Å². The highest BCUT2D eigenvalue weighted by atomic mass is 35.5. The highest BCUT2D eigenvalue weighted by Crippen LogP contribution is 2.23. The van der Waals surface area contributed by atoms with Crippen LogP contribution in [0.2, 0.25) is 4.34 Å². The van der Waals surface area contributed by atoms with Crippen LogP contribution in [0.1, 0.15) is 15.2 Å². The number of halogens is 1. The standard InChI is InChI=1S/C15H16ClN3O2S/c16-14-2-1-13(22-14)11-17-7-9-18(10-8-17)15(20)12-3-5-19(21)6-4-12/h1-6H,7-11H2. The third-order valence-electron chi connectivity index (χ3n) is 3.72. The summed E-state index contributed by atoms with van der Waals surface area (Å²) in [4.78, 5) is 17.8. The molecule has 0 radical (unpaired) electrons. The van der Waals surface area contributed by atoms with E-state index in [0.717, 1.165) is 24.0 Å². The molecule has 1 amide bonds. The average molecular weight is 338 g/mol. The van der Waals surface area contributed by atoms with Gasteiger partial charge in [0.25, 0.3) is 5.91 Å². The molecule has 2 aromatic rings. The number of thiophene rings is 1. The van der Waals surface area contributed by atoms with Crippen molar-refractivity contribution in [3.63, 3.8) is 0 Å².